The molecule has 0 bridgehead atoms. The Bertz CT molecular complexity index is 1900. The van der Waals surface area contributed by atoms with Crippen LogP contribution in [0.25, 0.3) is 0 Å². The molecule has 3 aromatic rings. The molecular weight excluding hydrogens is 802 g/mol. The average Bonchev–Trinajstić information content (AvgIpc) is 3.02. The molecule has 6 nitrogen and oxygen atoms in total. The lowest BCUT2D eigenvalue weighted by Crippen LogP contribution is -2.91. The van der Waals surface area contributed by atoms with Crippen LogP contribution in [0.5, 0.6) is 0 Å². The molecule has 4 aliphatic rings. The highest BCUT2D eigenvalue weighted by Gasteiger charge is 2.73. The summed E-state index contributed by atoms with van der Waals surface area (Å²) in [6.45, 7) is 45.0. The van der Waals surface area contributed by atoms with E-state index in [-0.39, 0.29) is 33.2 Å². The van der Waals surface area contributed by atoms with E-state index < -0.39 is 23.2 Å². The van der Waals surface area contributed by atoms with Gasteiger partial charge in [-0.25, -0.2) is 0 Å². The van der Waals surface area contributed by atoms with Gasteiger partial charge in [0.15, 0.2) is 23.2 Å². The molecule has 0 N–H and O–H groups in total. The van der Waals surface area contributed by atoms with Crippen molar-refractivity contribution < 1.29 is 12.7 Å². The fourth-order valence-electron chi connectivity index (χ4n) is 9.74. The molecule has 12 heteroatoms. The van der Waals surface area contributed by atoms with E-state index in [1.807, 2.05) is 0 Å². The zero-order valence-electron chi connectivity index (χ0n) is 38.2. The van der Waals surface area contributed by atoms with Crippen molar-refractivity contribution in [2.45, 2.75) is 158 Å². The second-order valence-electron chi connectivity index (χ2n) is 22.2. The molecule has 0 aromatic heterocycles. The Morgan fingerprint density at radius 2 is 0.526 bits per heavy atom. The fraction of sp³-hybridized carbons (Fsp3) is 0.533. The molecule has 1 fully saturated rings. The molecule has 4 aliphatic heterocycles. The normalized spacial score (nSPS) is 27.4. The smallest absolute Gasteiger partial charge is 0.250 e. The maximum atomic E-state index is 3.06. The maximum Gasteiger partial charge on any atom is 0.250 e. The van der Waals surface area contributed by atoms with E-state index >= 15 is 0 Å². The summed E-state index contributed by atoms with van der Waals surface area (Å²) in [7, 11) is -2.97. The Balaban J connectivity index is 1.69. The second-order valence-corrected chi connectivity index (χ2v) is 51.6. The maximum absolute atomic E-state index is 3.06. The highest BCUT2D eigenvalue weighted by Crippen LogP contribution is 2.78. The molecular formula is C45H69N6P3Si3. The van der Waals surface area contributed by atoms with Gasteiger partial charge in [-0.2, -0.15) is 0 Å². The van der Waals surface area contributed by atoms with Crippen LogP contribution in [0, 0.1) is 0 Å². The van der Waals surface area contributed by atoms with E-state index in [2.05, 4.69) is 242 Å². The Labute approximate surface area is 353 Å². The molecule has 0 saturated carbocycles. The van der Waals surface area contributed by atoms with Gasteiger partial charge < -0.3 is 49.4 Å². The van der Waals surface area contributed by atoms with Crippen LogP contribution in [0.15, 0.2) is 91.0 Å². The lowest BCUT2D eigenvalue weighted by molar-refractivity contribution is -0.513. The zero-order valence-corrected chi connectivity index (χ0v) is 43.9. The molecule has 0 radical (unpaired) electrons. The first-order valence-corrected chi connectivity index (χ1v) is 34.3. The summed E-state index contributed by atoms with van der Waals surface area (Å²) >= 11 is 0. The van der Waals surface area contributed by atoms with Gasteiger partial charge in [0, 0.05) is 0 Å². The summed E-state index contributed by atoms with van der Waals surface area (Å²) in [6.07, 6.45) is 0. The Kier molecular flexibility index (Phi) is 10.2. The minimum Gasteiger partial charge on any atom is -0.404 e. The number of amidine groups is 3. The highest BCUT2D eigenvalue weighted by molar-refractivity contribution is 8.54. The third-order valence-corrected chi connectivity index (χ3v) is 66.8. The predicted molar refractivity (Wildman–Crippen MR) is 254 cm³/mol. The van der Waals surface area contributed by atoms with Crippen LogP contribution < -0.4 is 0 Å². The Hall–Kier alpha value is -1.99. The number of benzene rings is 3. The van der Waals surface area contributed by atoms with Crippen LogP contribution in [-0.2, 0) is 0 Å². The zero-order chi connectivity index (χ0) is 42.2. The van der Waals surface area contributed by atoms with Crippen molar-refractivity contribution in [3.05, 3.63) is 108 Å². The first-order valence-electron chi connectivity index (χ1n) is 20.8. The van der Waals surface area contributed by atoms with Crippen molar-refractivity contribution in [1.29, 1.82) is 0 Å². The van der Waals surface area contributed by atoms with Gasteiger partial charge in [0.1, 0.15) is 0 Å². The van der Waals surface area contributed by atoms with Crippen molar-refractivity contribution in [1.82, 2.24) is 13.7 Å². The van der Waals surface area contributed by atoms with Gasteiger partial charge in [-0.05, 0) is 161 Å². The van der Waals surface area contributed by atoms with E-state index in [1.54, 1.807) is 23.0 Å². The molecule has 306 valence electrons. The first kappa shape index (κ1) is 43.1. The second kappa shape index (κ2) is 13.5. The van der Waals surface area contributed by atoms with Crippen molar-refractivity contribution in [2.75, 3.05) is 0 Å². The molecule has 0 atom stereocenters. The van der Waals surface area contributed by atoms with Crippen molar-refractivity contribution in [3.63, 3.8) is 0 Å². The van der Waals surface area contributed by atoms with Gasteiger partial charge in [0.25, 0.3) is 17.5 Å². The number of rotatable bonds is 3. The minimum atomic E-state index is -2.66. The molecule has 0 unspecified atom stereocenters. The van der Waals surface area contributed by atoms with Crippen LogP contribution in [0.4, 0.5) is 0 Å². The summed E-state index contributed by atoms with van der Waals surface area (Å²) in [5.41, 5.74) is 3.55. The van der Waals surface area contributed by atoms with Gasteiger partial charge in [-0.3, -0.25) is 0 Å². The standard InChI is InChI=1S/C45H69N6P3Si3/c1-40(2,3)46-37(34-28-22-19-23-29-34)47(41(4,5)6)55(46)52-56(48(42(7,8)9)38(49(56)43(10,11)12)35-30-24-20-25-31-35)54-57(53-55)50(44(13,14)15)39(51(57)45(16,17)18)36-32-26-21-27-33-36/h19-33H,1-18H3. The van der Waals surface area contributed by atoms with E-state index in [4.69, 9.17) is 0 Å². The van der Waals surface area contributed by atoms with Crippen molar-refractivity contribution >= 4 is 63.7 Å². The van der Waals surface area contributed by atoms with Gasteiger partial charge in [0.2, 0.25) is 0 Å². The predicted octanol–water partition coefficient (Wildman–Crippen LogP) is 11.3. The number of hydrogen-bond acceptors (Lipinski definition) is 3. The number of hydrogen-bond donors (Lipinski definition) is 0. The van der Waals surface area contributed by atoms with Gasteiger partial charge in [0.05, 0.1) is 49.9 Å². The van der Waals surface area contributed by atoms with Crippen LogP contribution >= 0.6 is 23.0 Å². The quantitative estimate of drug-likeness (QED) is 0.193. The average molecular weight is 871 g/mol. The summed E-state index contributed by atoms with van der Waals surface area (Å²) < 4.78 is 18.4. The summed E-state index contributed by atoms with van der Waals surface area (Å²) in [6, 6.07) is 34.2. The third-order valence-electron chi connectivity index (χ3n) is 11.1. The van der Waals surface area contributed by atoms with E-state index in [0.29, 0.717) is 0 Å². The first-order chi connectivity index (χ1) is 26.0. The minimum absolute atomic E-state index is 0.0811. The molecule has 4 heterocycles. The van der Waals surface area contributed by atoms with Crippen LogP contribution in [-0.4, -0.2) is 100 Å². The molecule has 3 aromatic carbocycles. The summed E-state index contributed by atoms with van der Waals surface area (Å²) in [5.74, 6) is 4.30. The number of nitrogens with zero attached hydrogens (tertiary/aromatic N) is 6. The van der Waals surface area contributed by atoms with Crippen LogP contribution in [0.2, 0.25) is 0 Å². The molecule has 3 spiro atoms. The Morgan fingerprint density at radius 1 is 0.333 bits per heavy atom. The van der Waals surface area contributed by atoms with Crippen molar-refractivity contribution in [3.8, 4) is 0 Å². The third kappa shape index (κ3) is 6.67. The molecule has 7 rings (SSSR count). The molecule has 1 saturated heterocycles. The lowest BCUT2D eigenvalue weighted by Gasteiger charge is -2.85. The van der Waals surface area contributed by atoms with Gasteiger partial charge in [-0.1, -0.05) is 54.6 Å². The lowest BCUT2D eigenvalue weighted by atomic mass is 10.1. The topological polar surface area (TPSA) is 18.8 Å². The SMILES string of the molecule is CC(C)(C)N1C(c2ccccc2)=[N+](C(C)(C)C)[Si]12[P-][Si]1([P-][Si]3([P-]2)N(C(C)(C)C)C(c2ccccc2)=[N+]3C(C)(C)C)N(C(C)(C)C)C(c2ccccc2)=[N+]1C(C)(C)C. The molecule has 57 heavy (non-hydrogen) atoms. The highest BCUT2D eigenvalue weighted by atomic mass is 32.0. The van der Waals surface area contributed by atoms with E-state index in [9.17, 15) is 0 Å². The molecule has 0 amide bonds. The van der Waals surface area contributed by atoms with Crippen LogP contribution in [0.1, 0.15) is 141 Å². The fourth-order valence-corrected chi connectivity index (χ4v) is 111. The monoisotopic (exact) mass is 870 g/mol. The van der Waals surface area contributed by atoms with Crippen LogP contribution in [0.3, 0.4) is 0 Å². The summed E-state index contributed by atoms with van der Waals surface area (Å²) in [4.78, 5) is 0. The van der Waals surface area contributed by atoms with E-state index in [1.165, 1.54) is 34.2 Å². The summed E-state index contributed by atoms with van der Waals surface area (Å²) in [5, 5.41) is 0. The molecule has 0 aliphatic carbocycles. The van der Waals surface area contributed by atoms with E-state index in [0.717, 1.165) is 0 Å². The van der Waals surface area contributed by atoms with Crippen molar-refractivity contribution in [2.24, 2.45) is 0 Å². The largest absolute Gasteiger partial charge is 0.404 e. The van der Waals surface area contributed by atoms with Gasteiger partial charge >= 0.3 is 0 Å². The van der Waals surface area contributed by atoms with Gasteiger partial charge in [-0.15, -0.1) is 0 Å². The Morgan fingerprint density at radius 3 is 0.684 bits per heavy atom.